The van der Waals surface area contributed by atoms with Gasteiger partial charge < -0.3 is 23.7 Å². The lowest BCUT2D eigenvalue weighted by Gasteiger charge is -2.35. The third kappa shape index (κ3) is 4.03. The lowest BCUT2D eigenvalue weighted by atomic mass is 9.95. The van der Waals surface area contributed by atoms with Crippen molar-refractivity contribution in [1.29, 1.82) is 0 Å². The number of methoxy groups -OCH3 is 5. The summed E-state index contributed by atoms with van der Waals surface area (Å²) in [6.07, 6.45) is 0.909. The maximum Gasteiger partial charge on any atom is 0.165 e. The number of fused-ring (bicyclic) bond motifs is 1. The molecule has 1 aliphatic heterocycles. The summed E-state index contributed by atoms with van der Waals surface area (Å²) in [5, 5.41) is 0. The van der Waals surface area contributed by atoms with Gasteiger partial charge in [0.2, 0.25) is 0 Å². The van der Waals surface area contributed by atoms with Crippen LogP contribution in [0.2, 0.25) is 0 Å². The van der Waals surface area contributed by atoms with Crippen molar-refractivity contribution in [2.24, 2.45) is 0 Å². The van der Waals surface area contributed by atoms with Crippen LogP contribution in [0.4, 0.5) is 0 Å². The Bertz CT molecular complexity index is 808. The van der Waals surface area contributed by atoms with Crippen LogP contribution in [0.15, 0.2) is 30.3 Å². The highest BCUT2D eigenvalue weighted by atomic mass is 16.5. The number of nitrogens with zero attached hydrogens (tertiary/aromatic N) is 1. The van der Waals surface area contributed by atoms with E-state index in [9.17, 15) is 0 Å². The van der Waals surface area contributed by atoms with E-state index in [0.29, 0.717) is 0 Å². The molecule has 0 aliphatic carbocycles. The van der Waals surface area contributed by atoms with Crippen molar-refractivity contribution < 1.29 is 23.7 Å². The Morgan fingerprint density at radius 1 is 0.857 bits per heavy atom. The van der Waals surface area contributed by atoms with Gasteiger partial charge in [0.15, 0.2) is 23.0 Å². The minimum Gasteiger partial charge on any atom is -0.493 e. The maximum atomic E-state index is 5.77. The molecule has 0 radical (unpaired) electrons. The SMILES string of the molecule is COc1ccc(CCN2Cc3c(ccc(OC)c3OC)C(OC)C2)cc1OC. The van der Waals surface area contributed by atoms with E-state index in [1.807, 2.05) is 18.2 Å². The average molecular weight is 387 g/mol. The fourth-order valence-electron chi connectivity index (χ4n) is 3.79. The van der Waals surface area contributed by atoms with Gasteiger partial charge in [0, 0.05) is 32.3 Å². The summed E-state index contributed by atoms with van der Waals surface area (Å²) in [5.74, 6) is 3.04. The molecule has 0 aromatic heterocycles. The van der Waals surface area contributed by atoms with Crippen LogP contribution in [0.3, 0.4) is 0 Å². The molecule has 1 heterocycles. The van der Waals surface area contributed by atoms with Gasteiger partial charge in [-0.05, 0) is 35.7 Å². The molecule has 1 unspecified atom stereocenters. The van der Waals surface area contributed by atoms with Gasteiger partial charge in [0.05, 0.1) is 34.5 Å². The predicted molar refractivity (Wildman–Crippen MR) is 108 cm³/mol. The van der Waals surface area contributed by atoms with Crippen molar-refractivity contribution in [1.82, 2.24) is 4.90 Å². The third-order valence-corrected chi connectivity index (χ3v) is 5.29. The Kier molecular flexibility index (Phi) is 6.65. The zero-order valence-electron chi connectivity index (χ0n) is 17.3. The number of hydrogen-bond acceptors (Lipinski definition) is 6. The van der Waals surface area contributed by atoms with E-state index in [0.717, 1.165) is 54.6 Å². The van der Waals surface area contributed by atoms with Crippen molar-refractivity contribution in [2.45, 2.75) is 19.1 Å². The highest BCUT2D eigenvalue weighted by Gasteiger charge is 2.29. The Balaban J connectivity index is 1.78. The van der Waals surface area contributed by atoms with Crippen molar-refractivity contribution in [3.63, 3.8) is 0 Å². The first-order valence-corrected chi connectivity index (χ1v) is 9.34. The molecule has 2 aromatic rings. The van der Waals surface area contributed by atoms with Crippen molar-refractivity contribution in [3.8, 4) is 23.0 Å². The summed E-state index contributed by atoms with van der Waals surface area (Å²) < 4.78 is 27.6. The normalized spacial score (nSPS) is 16.4. The molecule has 0 amide bonds. The molecule has 2 aromatic carbocycles. The molecule has 0 spiro atoms. The van der Waals surface area contributed by atoms with Crippen LogP contribution in [0.5, 0.6) is 23.0 Å². The minimum atomic E-state index is 0.00830. The molecule has 0 N–H and O–H groups in total. The Morgan fingerprint density at radius 3 is 2.21 bits per heavy atom. The molecule has 6 nitrogen and oxygen atoms in total. The van der Waals surface area contributed by atoms with Gasteiger partial charge in [-0.15, -0.1) is 0 Å². The minimum absolute atomic E-state index is 0.00830. The van der Waals surface area contributed by atoms with E-state index in [-0.39, 0.29) is 6.10 Å². The van der Waals surface area contributed by atoms with Gasteiger partial charge in [-0.25, -0.2) is 0 Å². The first-order valence-electron chi connectivity index (χ1n) is 9.34. The average Bonchev–Trinajstić information content (AvgIpc) is 2.75. The van der Waals surface area contributed by atoms with E-state index in [2.05, 4.69) is 17.0 Å². The molecule has 3 rings (SSSR count). The fourth-order valence-corrected chi connectivity index (χ4v) is 3.79. The Labute approximate surface area is 166 Å². The predicted octanol–water partition coefficient (Wildman–Crippen LogP) is 3.47. The van der Waals surface area contributed by atoms with Crippen molar-refractivity contribution in [2.75, 3.05) is 48.6 Å². The zero-order chi connectivity index (χ0) is 20.1. The van der Waals surface area contributed by atoms with Crippen LogP contribution in [-0.2, 0) is 17.7 Å². The maximum absolute atomic E-state index is 5.77. The first-order chi connectivity index (χ1) is 13.6. The quantitative estimate of drug-likeness (QED) is 0.691. The number of rotatable bonds is 8. The Morgan fingerprint density at radius 2 is 1.57 bits per heavy atom. The highest BCUT2D eigenvalue weighted by Crippen LogP contribution is 2.40. The largest absolute Gasteiger partial charge is 0.493 e. The molecule has 0 fully saturated rings. The van der Waals surface area contributed by atoms with Crippen LogP contribution in [0.25, 0.3) is 0 Å². The van der Waals surface area contributed by atoms with Crippen LogP contribution < -0.4 is 18.9 Å². The molecule has 0 bridgehead atoms. The van der Waals surface area contributed by atoms with Crippen LogP contribution in [-0.4, -0.2) is 53.5 Å². The Hall–Kier alpha value is -2.44. The second-order valence-electron chi connectivity index (χ2n) is 6.77. The van der Waals surface area contributed by atoms with Gasteiger partial charge in [-0.3, -0.25) is 4.90 Å². The monoisotopic (exact) mass is 387 g/mol. The van der Waals surface area contributed by atoms with Gasteiger partial charge >= 0.3 is 0 Å². The summed E-state index contributed by atoms with van der Waals surface area (Å²) >= 11 is 0. The second kappa shape index (κ2) is 9.17. The molecule has 1 atom stereocenters. The lowest BCUT2D eigenvalue weighted by Crippen LogP contribution is -2.36. The van der Waals surface area contributed by atoms with E-state index < -0.39 is 0 Å². The highest BCUT2D eigenvalue weighted by molar-refractivity contribution is 5.52. The van der Waals surface area contributed by atoms with Crippen LogP contribution in [0, 0.1) is 0 Å². The summed E-state index contributed by atoms with van der Waals surface area (Å²) in [6, 6.07) is 10.1. The topological polar surface area (TPSA) is 49.4 Å². The number of ether oxygens (including phenoxy) is 5. The van der Waals surface area contributed by atoms with E-state index in [1.54, 1.807) is 35.5 Å². The van der Waals surface area contributed by atoms with Gasteiger partial charge in [0.1, 0.15) is 0 Å². The van der Waals surface area contributed by atoms with E-state index >= 15 is 0 Å². The molecule has 28 heavy (non-hydrogen) atoms. The first kappa shape index (κ1) is 20.3. The van der Waals surface area contributed by atoms with Crippen LogP contribution >= 0.6 is 0 Å². The smallest absolute Gasteiger partial charge is 0.165 e. The summed E-state index contributed by atoms with van der Waals surface area (Å²) in [5.41, 5.74) is 3.50. The number of hydrogen-bond donors (Lipinski definition) is 0. The molecule has 0 saturated heterocycles. The van der Waals surface area contributed by atoms with Gasteiger partial charge in [0.25, 0.3) is 0 Å². The molecular formula is C22H29NO5. The van der Waals surface area contributed by atoms with E-state index in [4.69, 9.17) is 23.7 Å². The van der Waals surface area contributed by atoms with E-state index in [1.165, 1.54) is 11.1 Å². The molecule has 0 saturated carbocycles. The summed E-state index contributed by atoms with van der Waals surface area (Å²) in [6.45, 7) is 2.53. The molecule has 1 aliphatic rings. The van der Waals surface area contributed by atoms with Crippen molar-refractivity contribution in [3.05, 3.63) is 47.0 Å². The van der Waals surface area contributed by atoms with Crippen molar-refractivity contribution >= 4 is 0 Å². The number of benzene rings is 2. The lowest BCUT2D eigenvalue weighted by molar-refractivity contribution is 0.0476. The van der Waals surface area contributed by atoms with Gasteiger partial charge in [-0.1, -0.05) is 12.1 Å². The summed E-state index contributed by atoms with van der Waals surface area (Å²) in [7, 11) is 8.41. The summed E-state index contributed by atoms with van der Waals surface area (Å²) in [4.78, 5) is 2.38. The van der Waals surface area contributed by atoms with Gasteiger partial charge in [-0.2, -0.15) is 0 Å². The zero-order valence-corrected chi connectivity index (χ0v) is 17.3. The van der Waals surface area contributed by atoms with Crippen LogP contribution in [0.1, 0.15) is 22.8 Å². The molecule has 6 heteroatoms. The molecule has 152 valence electrons. The molecular weight excluding hydrogens is 358 g/mol. The fraction of sp³-hybridized carbons (Fsp3) is 0.455. The standard InChI is InChI=1S/C22H29NO5/c1-24-18-8-6-15(12-20(18)26-3)10-11-23-13-17-16(21(14-23)27-4)7-9-19(25-2)22(17)28-5/h6-9,12,21H,10-11,13-14H2,1-5H3. The second-order valence-corrected chi connectivity index (χ2v) is 6.77. The third-order valence-electron chi connectivity index (χ3n) is 5.29.